The van der Waals surface area contributed by atoms with Gasteiger partial charge in [0.15, 0.2) is 0 Å². The van der Waals surface area contributed by atoms with Gasteiger partial charge in [-0.2, -0.15) is 0 Å². The van der Waals surface area contributed by atoms with E-state index in [1.807, 2.05) is 30.3 Å². The number of benzene rings is 2. The summed E-state index contributed by atoms with van der Waals surface area (Å²) in [5.74, 6) is -1.27. The molecule has 0 spiro atoms. The summed E-state index contributed by atoms with van der Waals surface area (Å²) < 4.78 is 32.5. The molecule has 2 aromatic carbocycles. The molecule has 0 fully saturated rings. The summed E-state index contributed by atoms with van der Waals surface area (Å²) in [4.78, 5) is 11.7. The number of hydrogen-bond acceptors (Lipinski definition) is 3. The molecule has 0 radical (unpaired) electrons. The van der Waals surface area contributed by atoms with Crippen LogP contribution >= 0.6 is 0 Å². The largest absolute Gasteiger partial charge is 0.494 e. The smallest absolute Gasteiger partial charge is 0.220 e. The van der Waals surface area contributed by atoms with Crippen molar-refractivity contribution in [3.05, 3.63) is 65.7 Å². The Morgan fingerprint density at radius 1 is 1.08 bits per heavy atom. The molecule has 0 saturated heterocycles. The van der Waals surface area contributed by atoms with Crippen LogP contribution in [-0.2, 0) is 4.79 Å². The van der Waals surface area contributed by atoms with E-state index in [1.165, 1.54) is 6.07 Å². The van der Waals surface area contributed by atoms with E-state index in [9.17, 15) is 18.7 Å². The number of para-hydroxylation sites is 1. The molecular weight excluding hydrogens is 316 g/mol. The van der Waals surface area contributed by atoms with Crippen LogP contribution in [0.15, 0.2) is 48.5 Å². The van der Waals surface area contributed by atoms with Crippen molar-refractivity contribution in [1.82, 2.24) is 5.32 Å². The Hall–Kier alpha value is -2.47. The average Bonchev–Trinajstić information content (AvgIpc) is 2.57. The minimum atomic E-state index is -1.43. The molecule has 4 nitrogen and oxygen atoms in total. The second-order valence-corrected chi connectivity index (χ2v) is 5.22. The lowest BCUT2D eigenvalue weighted by atomic mass is 10.1. The molecule has 0 aromatic heterocycles. The number of carbonyl (C=O) groups excluding carboxylic acids is 1. The molecule has 1 amide bonds. The minimum absolute atomic E-state index is 0.194. The van der Waals surface area contributed by atoms with Gasteiger partial charge in [0.05, 0.1) is 12.2 Å². The molecule has 0 aliphatic heterocycles. The van der Waals surface area contributed by atoms with Gasteiger partial charge in [-0.25, -0.2) is 8.78 Å². The summed E-state index contributed by atoms with van der Waals surface area (Å²) in [5.41, 5.74) is -0.440. The monoisotopic (exact) mass is 335 g/mol. The van der Waals surface area contributed by atoms with Crippen molar-refractivity contribution in [2.45, 2.75) is 18.9 Å². The molecule has 24 heavy (non-hydrogen) atoms. The highest BCUT2D eigenvalue weighted by atomic mass is 19.1. The van der Waals surface area contributed by atoms with E-state index in [0.29, 0.717) is 13.0 Å². The zero-order valence-electron chi connectivity index (χ0n) is 13.0. The summed E-state index contributed by atoms with van der Waals surface area (Å²) in [6.45, 7) is 0.123. The van der Waals surface area contributed by atoms with Crippen molar-refractivity contribution in [3.8, 4) is 5.75 Å². The number of hydrogen-bond donors (Lipinski definition) is 2. The number of ether oxygens (including phenoxy) is 1. The van der Waals surface area contributed by atoms with Gasteiger partial charge in [0.25, 0.3) is 0 Å². The van der Waals surface area contributed by atoms with Crippen molar-refractivity contribution in [2.24, 2.45) is 0 Å². The Labute approximate surface area is 139 Å². The van der Waals surface area contributed by atoms with E-state index < -0.39 is 23.3 Å². The van der Waals surface area contributed by atoms with Gasteiger partial charge in [-0.05, 0) is 30.7 Å². The number of amides is 1. The van der Waals surface area contributed by atoms with Crippen molar-refractivity contribution in [3.63, 3.8) is 0 Å². The van der Waals surface area contributed by atoms with E-state index >= 15 is 0 Å². The number of nitrogens with one attached hydrogen (secondary N) is 1. The van der Waals surface area contributed by atoms with Crippen LogP contribution in [0.5, 0.6) is 5.75 Å². The molecule has 0 bridgehead atoms. The zero-order chi connectivity index (χ0) is 17.4. The van der Waals surface area contributed by atoms with Gasteiger partial charge >= 0.3 is 0 Å². The number of aliphatic hydroxyl groups excluding tert-OH is 1. The Morgan fingerprint density at radius 2 is 1.75 bits per heavy atom. The van der Waals surface area contributed by atoms with E-state index in [1.54, 1.807) is 0 Å². The number of aliphatic hydroxyl groups is 1. The fourth-order valence-corrected chi connectivity index (χ4v) is 2.17. The lowest BCUT2D eigenvalue weighted by Crippen LogP contribution is -2.29. The quantitative estimate of drug-likeness (QED) is 0.729. The highest BCUT2D eigenvalue weighted by Crippen LogP contribution is 2.19. The summed E-state index contributed by atoms with van der Waals surface area (Å²) in [6.07, 6.45) is -0.750. The van der Waals surface area contributed by atoms with Crippen LogP contribution in [0, 0.1) is 11.6 Å². The van der Waals surface area contributed by atoms with Crippen molar-refractivity contribution in [2.75, 3.05) is 13.2 Å². The molecule has 6 heteroatoms. The molecule has 1 atom stereocenters. The summed E-state index contributed by atoms with van der Waals surface area (Å²) in [7, 11) is 0. The minimum Gasteiger partial charge on any atom is -0.494 e. The van der Waals surface area contributed by atoms with Gasteiger partial charge in [0.1, 0.15) is 23.5 Å². The van der Waals surface area contributed by atoms with Crippen LogP contribution in [0.25, 0.3) is 0 Å². The normalized spacial score (nSPS) is 11.8. The molecule has 2 N–H and O–H groups in total. The highest BCUT2D eigenvalue weighted by molar-refractivity contribution is 5.75. The Bertz CT molecular complexity index is 644. The maximum absolute atomic E-state index is 13.5. The predicted octanol–water partition coefficient (Wildman–Crippen LogP) is 2.97. The number of halogens is 2. The standard InChI is InChI=1S/C18H19F2NO3/c19-14-8-4-9-15(20)18(14)16(22)12-21-17(23)10-5-11-24-13-6-2-1-3-7-13/h1-4,6-9,16,22H,5,10-12H2,(H,21,23). The van der Waals surface area contributed by atoms with E-state index in [0.717, 1.165) is 17.9 Å². The van der Waals surface area contributed by atoms with Crippen LogP contribution in [0.4, 0.5) is 8.78 Å². The SMILES string of the molecule is O=C(CCCOc1ccccc1)NCC(O)c1c(F)cccc1F. The third-order valence-electron chi connectivity index (χ3n) is 3.39. The lowest BCUT2D eigenvalue weighted by molar-refractivity contribution is -0.121. The van der Waals surface area contributed by atoms with E-state index in [4.69, 9.17) is 4.74 Å². The molecule has 0 aliphatic rings. The first-order valence-electron chi connectivity index (χ1n) is 7.64. The van der Waals surface area contributed by atoms with Gasteiger partial charge in [-0.1, -0.05) is 24.3 Å². The molecular formula is C18H19F2NO3. The molecule has 0 aliphatic carbocycles. The van der Waals surface area contributed by atoms with Gasteiger partial charge in [0, 0.05) is 13.0 Å². The van der Waals surface area contributed by atoms with Gasteiger partial charge < -0.3 is 15.2 Å². The zero-order valence-corrected chi connectivity index (χ0v) is 13.0. The fourth-order valence-electron chi connectivity index (χ4n) is 2.17. The van der Waals surface area contributed by atoms with Gasteiger partial charge in [-0.3, -0.25) is 4.79 Å². The third kappa shape index (κ3) is 5.31. The first kappa shape index (κ1) is 17.9. The van der Waals surface area contributed by atoms with Crippen molar-refractivity contribution >= 4 is 5.91 Å². The first-order valence-corrected chi connectivity index (χ1v) is 7.64. The predicted molar refractivity (Wildman–Crippen MR) is 85.5 cm³/mol. The fraction of sp³-hybridized carbons (Fsp3) is 0.278. The molecule has 128 valence electrons. The third-order valence-corrected chi connectivity index (χ3v) is 3.39. The topological polar surface area (TPSA) is 58.6 Å². The number of carbonyl (C=O) groups is 1. The van der Waals surface area contributed by atoms with Gasteiger partial charge in [-0.15, -0.1) is 0 Å². The lowest BCUT2D eigenvalue weighted by Gasteiger charge is -2.14. The summed E-state index contributed by atoms with van der Waals surface area (Å²) >= 11 is 0. The first-order chi connectivity index (χ1) is 11.6. The van der Waals surface area contributed by atoms with E-state index in [2.05, 4.69) is 5.32 Å². The highest BCUT2D eigenvalue weighted by Gasteiger charge is 2.18. The molecule has 2 aromatic rings. The maximum Gasteiger partial charge on any atom is 0.220 e. The Balaban J connectivity index is 1.69. The second kappa shape index (κ2) is 8.98. The summed E-state index contributed by atoms with van der Waals surface area (Å²) in [6, 6.07) is 12.6. The van der Waals surface area contributed by atoms with E-state index in [-0.39, 0.29) is 18.9 Å². The Kier molecular flexibility index (Phi) is 6.69. The van der Waals surface area contributed by atoms with Crippen LogP contribution in [-0.4, -0.2) is 24.2 Å². The van der Waals surface area contributed by atoms with Crippen molar-refractivity contribution in [1.29, 1.82) is 0 Å². The average molecular weight is 335 g/mol. The van der Waals surface area contributed by atoms with Gasteiger partial charge in [0.2, 0.25) is 5.91 Å². The molecule has 0 saturated carbocycles. The van der Waals surface area contributed by atoms with Crippen molar-refractivity contribution < 1.29 is 23.4 Å². The second-order valence-electron chi connectivity index (χ2n) is 5.22. The molecule has 2 rings (SSSR count). The number of rotatable bonds is 8. The molecule has 1 unspecified atom stereocenters. The van der Waals surface area contributed by atoms with Crippen LogP contribution in [0.3, 0.4) is 0 Å². The molecule has 0 heterocycles. The maximum atomic E-state index is 13.5. The van der Waals surface area contributed by atoms with Crippen LogP contribution in [0.2, 0.25) is 0 Å². The van der Waals surface area contributed by atoms with Crippen LogP contribution in [0.1, 0.15) is 24.5 Å². The Morgan fingerprint density at radius 3 is 2.42 bits per heavy atom. The summed E-state index contributed by atoms with van der Waals surface area (Å²) in [5, 5.41) is 12.3. The van der Waals surface area contributed by atoms with Crippen LogP contribution < -0.4 is 10.1 Å².